The predicted molar refractivity (Wildman–Crippen MR) is 78.2 cm³/mol. The fourth-order valence-electron chi connectivity index (χ4n) is 2.36. The van der Waals surface area contributed by atoms with Crippen LogP contribution in [0, 0.1) is 6.92 Å². The van der Waals surface area contributed by atoms with E-state index in [4.69, 9.17) is 4.74 Å². The molecule has 0 fully saturated rings. The summed E-state index contributed by atoms with van der Waals surface area (Å²) in [5.74, 6) is -0.499. The summed E-state index contributed by atoms with van der Waals surface area (Å²) in [5.41, 5.74) is 2.22. The van der Waals surface area contributed by atoms with E-state index in [1.807, 2.05) is 30.3 Å². The number of aliphatic carboxylic acids is 1. The summed E-state index contributed by atoms with van der Waals surface area (Å²) >= 11 is 0. The minimum absolute atomic E-state index is 0.454. The molecule has 1 aromatic heterocycles. The van der Waals surface area contributed by atoms with Crippen LogP contribution >= 0.6 is 0 Å². The number of nitrogens with one attached hydrogen (secondary N) is 1. The molecule has 2 N–H and O–H groups in total. The number of ether oxygens (including phenoxy) is 1. The lowest BCUT2D eigenvalue weighted by Crippen LogP contribution is -2.28. The van der Waals surface area contributed by atoms with Crippen LogP contribution in [0.15, 0.2) is 30.3 Å². The van der Waals surface area contributed by atoms with E-state index in [1.165, 1.54) is 7.11 Å². The monoisotopic (exact) mass is 289 g/mol. The molecule has 2 rings (SSSR count). The maximum absolute atomic E-state index is 11.6. The number of nitrogens with zero attached hydrogens (tertiary/aromatic N) is 2. The normalized spacial score (nSPS) is 12.1. The molecule has 6 heteroatoms. The SMILES string of the molecule is COc1c(C(NCc2ccccc2)C(=O)O)c(C)nn1C. The number of methoxy groups -OCH3 is 1. The number of aromatic nitrogens is 2. The summed E-state index contributed by atoms with van der Waals surface area (Å²) in [7, 11) is 3.24. The van der Waals surface area contributed by atoms with Crippen molar-refractivity contribution in [1.29, 1.82) is 0 Å². The van der Waals surface area contributed by atoms with Gasteiger partial charge in [0.2, 0.25) is 5.88 Å². The van der Waals surface area contributed by atoms with Crippen molar-refractivity contribution in [3.05, 3.63) is 47.2 Å². The van der Waals surface area contributed by atoms with Gasteiger partial charge in [0.25, 0.3) is 0 Å². The van der Waals surface area contributed by atoms with Gasteiger partial charge in [-0.25, -0.2) is 4.68 Å². The van der Waals surface area contributed by atoms with Gasteiger partial charge in [0.15, 0.2) is 0 Å². The van der Waals surface area contributed by atoms with Crippen LogP contribution in [-0.2, 0) is 18.4 Å². The molecule has 0 bridgehead atoms. The highest BCUT2D eigenvalue weighted by Crippen LogP contribution is 2.28. The van der Waals surface area contributed by atoms with Gasteiger partial charge in [0.05, 0.1) is 18.4 Å². The third kappa shape index (κ3) is 3.22. The number of benzene rings is 1. The Morgan fingerprint density at radius 1 is 1.43 bits per heavy atom. The largest absolute Gasteiger partial charge is 0.481 e. The molecule has 0 aliphatic rings. The van der Waals surface area contributed by atoms with E-state index in [2.05, 4.69) is 10.4 Å². The Morgan fingerprint density at radius 3 is 2.67 bits per heavy atom. The van der Waals surface area contributed by atoms with E-state index in [-0.39, 0.29) is 0 Å². The Morgan fingerprint density at radius 2 is 2.10 bits per heavy atom. The Bertz CT molecular complexity index is 623. The average molecular weight is 289 g/mol. The van der Waals surface area contributed by atoms with Gasteiger partial charge in [-0.05, 0) is 12.5 Å². The Labute approximate surface area is 123 Å². The standard InChI is InChI=1S/C15H19N3O3/c1-10-12(14(21-3)18(2)17-10)13(15(19)20)16-9-11-7-5-4-6-8-11/h4-8,13,16H,9H2,1-3H3,(H,19,20). The van der Waals surface area contributed by atoms with Crippen molar-refractivity contribution in [2.24, 2.45) is 7.05 Å². The van der Waals surface area contributed by atoms with Gasteiger partial charge in [-0.1, -0.05) is 30.3 Å². The van der Waals surface area contributed by atoms with Crippen molar-refractivity contribution in [2.75, 3.05) is 7.11 Å². The zero-order chi connectivity index (χ0) is 15.4. The first-order valence-electron chi connectivity index (χ1n) is 6.62. The molecule has 0 radical (unpaired) electrons. The van der Waals surface area contributed by atoms with E-state index in [9.17, 15) is 9.90 Å². The fourth-order valence-corrected chi connectivity index (χ4v) is 2.36. The Balaban J connectivity index is 2.26. The van der Waals surface area contributed by atoms with Crippen molar-refractivity contribution in [2.45, 2.75) is 19.5 Å². The summed E-state index contributed by atoms with van der Waals surface area (Å²) in [5, 5.41) is 16.8. The van der Waals surface area contributed by atoms with Crippen LogP contribution < -0.4 is 10.1 Å². The lowest BCUT2D eigenvalue weighted by Gasteiger charge is -2.15. The maximum Gasteiger partial charge on any atom is 0.325 e. The van der Waals surface area contributed by atoms with E-state index in [1.54, 1.807) is 18.7 Å². The summed E-state index contributed by atoms with van der Waals surface area (Å²) in [6.07, 6.45) is 0. The van der Waals surface area contributed by atoms with Crippen LogP contribution in [0.3, 0.4) is 0 Å². The van der Waals surface area contributed by atoms with Gasteiger partial charge in [0.1, 0.15) is 6.04 Å². The lowest BCUT2D eigenvalue weighted by molar-refractivity contribution is -0.139. The fraction of sp³-hybridized carbons (Fsp3) is 0.333. The number of aryl methyl sites for hydroxylation is 2. The topological polar surface area (TPSA) is 76.4 Å². The minimum Gasteiger partial charge on any atom is -0.481 e. The highest BCUT2D eigenvalue weighted by molar-refractivity contribution is 5.77. The molecule has 6 nitrogen and oxygen atoms in total. The zero-order valence-corrected chi connectivity index (χ0v) is 12.3. The van der Waals surface area contributed by atoms with Crippen molar-refractivity contribution in [3.63, 3.8) is 0 Å². The minimum atomic E-state index is -0.958. The van der Waals surface area contributed by atoms with Crippen molar-refractivity contribution in [3.8, 4) is 5.88 Å². The molecule has 0 saturated carbocycles. The molecule has 2 aromatic rings. The van der Waals surface area contributed by atoms with E-state index in [0.717, 1.165) is 5.56 Å². The van der Waals surface area contributed by atoms with Crippen LogP contribution in [0.5, 0.6) is 5.88 Å². The third-order valence-corrected chi connectivity index (χ3v) is 3.30. The average Bonchev–Trinajstić information content (AvgIpc) is 2.74. The molecule has 0 saturated heterocycles. The molecule has 1 heterocycles. The number of hydrogen-bond donors (Lipinski definition) is 2. The van der Waals surface area contributed by atoms with Crippen LogP contribution in [0.4, 0.5) is 0 Å². The number of carboxylic acids is 1. The van der Waals surface area contributed by atoms with Crippen LogP contribution in [0.25, 0.3) is 0 Å². The first kappa shape index (κ1) is 15.1. The van der Waals surface area contributed by atoms with Crippen LogP contribution in [-0.4, -0.2) is 28.0 Å². The highest BCUT2D eigenvalue weighted by atomic mass is 16.5. The van der Waals surface area contributed by atoms with Gasteiger partial charge < -0.3 is 9.84 Å². The molecule has 0 spiro atoms. The van der Waals surface area contributed by atoms with E-state index >= 15 is 0 Å². The molecular formula is C15H19N3O3. The summed E-state index contributed by atoms with van der Waals surface area (Å²) in [4.78, 5) is 11.6. The summed E-state index contributed by atoms with van der Waals surface area (Å²) in [6.45, 7) is 2.23. The van der Waals surface area contributed by atoms with Crippen LogP contribution in [0.1, 0.15) is 22.9 Å². The van der Waals surface area contributed by atoms with Crippen molar-refractivity contribution in [1.82, 2.24) is 15.1 Å². The third-order valence-electron chi connectivity index (χ3n) is 3.30. The Kier molecular flexibility index (Phi) is 4.59. The highest BCUT2D eigenvalue weighted by Gasteiger charge is 2.28. The first-order valence-corrected chi connectivity index (χ1v) is 6.62. The number of hydrogen-bond acceptors (Lipinski definition) is 4. The van der Waals surface area contributed by atoms with E-state index < -0.39 is 12.0 Å². The van der Waals surface area contributed by atoms with Crippen molar-refractivity contribution >= 4 is 5.97 Å². The summed E-state index contributed by atoms with van der Waals surface area (Å²) in [6, 6.07) is 8.78. The van der Waals surface area contributed by atoms with Gasteiger partial charge in [0, 0.05) is 13.6 Å². The second-order valence-corrected chi connectivity index (χ2v) is 4.77. The van der Waals surface area contributed by atoms with Gasteiger partial charge >= 0.3 is 5.97 Å². The van der Waals surface area contributed by atoms with Crippen LogP contribution in [0.2, 0.25) is 0 Å². The molecule has 0 aliphatic heterocycles. The van der Waals surface area contributed by atoms with Gasteiger partial charge in [-0.3, -0.25) is 10.1 Å². The molecule has 0 aliphatic carbocycles. The number of rotatable bonds is 6. The molecule has 0 amide bonds. The predicted octanol–water partition coefficient (Wildman–Crippen LogP) is 1.65. The first-order chi connectivity index (χ1) is 10.0. The summed E-state index contributed by atoms with van der Waals surface area (Å²) < 4.78 is 6.82. The molecule has 1 unspecified atom stereocenters. The Hall–Kier alpha value is -2.34. The molecule has 1 aromatic carbocycles. The molecule has 112 valence electrons. The molecular weight excluding hydrogens is 270 g/mol. The molecule has 1 atom stereocenters. The van der Waals surface area contributed by atoms with E-state index in [0.29, 0.717) is 23.7 Å². The van der Waals surface area contributed by atoms with Gasteiger partial charge in [-0.15, -0.1) is 0 Å². The second-order valence-electron chi connectivity index (χ2n) is 4.77. The second kappa shape index (κ2) is 6.41. The lowest BCUT2D eigenvalue weighted by atomic mass is 10.1. The maximum atomic E-state index is 11.6. The van der Waals surface area contributed by atoms with Gasteiger partial charge in [-0.2, -0.15) is 5.10 Å². The van der Waals surface area contributed by atoms with Crippen molar-refractivity contribution < 1.29 is 14.6 Å². The molecule has 21 heavy (non-hydrogen) atoms. The smallest absolute Gasteiger partial charge is 0.325 e. The zero-order valence-electron chi connectivity index (χ0n) is 12.3. The number of carbonyl (C=O) groups is 1. The number of carboxylic acid groups (broad SMARTS) is 1. The quantitative estimate of drug-likeness (QED) is 0.845.